The van der Waals surface area contributed by atoms with Crippen molar-refractivity contribution in [2.24, 2.45) is 11.3 Å². The van der Waals surface area contributed by atoms with Gasteiger partial charge in [-0.3, -0.25) is 14.4 Å². The van der Waals surface area contributed by atoms with E-state index in [1.54, 1.807) is 31.4 Å². The van der Waals surface area contributed by atoms with Crippen LogP contribution < -0.4 is 4.74 Å². The van der Waals surface area contributed by atoms with Gasteiger partial charge < -0.3 is 4.74 Å². The second-order valence-corrected chi connectivity index (χ2v) is 8.10. The highest BCUT2D eigenvalue weighted by Gasteiger charge is 2.59. The van der Waals surface area contributed by atoms with Crippen LogP contribution in [0, 0.1) is 11.3 Å². The molecule has 0 saturated heterocycles. The Morgan fingerprint density at radius 1 is 1.00 bits per heavy atom. The predicted octanol–water partition coefficient (Wildman–Crippen LogP) is 3.72. The number of ketones is 3. The van der Waals surface area contributed by atoms with Gasteiger partial charge in [0, 0.05) is 16.4 Å². The molecule has 0 aliphatic heterocycles. The second kappa shape index (κ2) is 6.26. The fraction of sp³-hybridized carbons (Fsp3) is 0.292. The number of allylic oxidation sites excluding steroid dienone is 2. The van der Waals surface area contributed by atoms with Crippen LogP contribution in [0.25, 0.3) is 0 Å². The van der Waals surface area contributed by atoms with Crippen LogP contribution in [0.5, 0.6) is 5.75 Å². The molecule has 28 heavy (non-hydrogen) atoms. The number of hydrogen-bond donors (Lipinski definition) is 0. The lowest BCUT2D eigenvalue weighted by molar-refractivity contribution is -0.137. The number of hydrogen-bond acceptors (Lipinski definition) is 4. The summed E-state index contributed by atoms with van der Waals surface area (Å²) < 4.78 is 5.35. The van der Waals surface area contributed by atoms with E-state index in [9.17, 15) is 14.4 Å². The molecule has 2 aliphatic carbocycles. The molecule has 4 rings (SSSR count). The van der Waals surface area contributed by atoms with Crippen LogP contribution in [0.4, 0.5) is 0 Å². The summed E-state index contributed by atoms with van der Waals surface area (Å²) in [5.74, 6) is -1.27. The van der Waals surface area contributed by atoms with E-state index in [0.717, 1.165) is 11.1 Å². The fourth-order valence-electron chi connectivity index (χ4n) is 4.91. The molecule has 0 amide bonds. The molecule has 3 atom stereocenters. The first-order chi connectivity index (χ1) is 13.3. The SMILES string of the molecule is COc1ccc2c(c1)C1(C)C=CC(=O)C(C)(Cc3ccccc3)C1C(=O)C2=O. The van der Waals surface area contributed by atoms with Crippen molar-refractivity contribution < 1.29 is 19.1 Å². The van der Waals surface area contributed by atoms with Gasteiger partial charge in [0.2, 0.25) is 11.6 Å². The third kappa shape index (κ3) is 2.48. The standard InChI is InChI=1S/C24H22O4/c1-23-12-11-19(25)24(2,14-15-7-5-4-6-8-15)22(23)21(27)20(26)17-10-9-16(28-3)13-18(17)23/h4-13,22H,14H2,1-3H3. The summed E-state index contributed by atoms with van der Waals surface area (Å²) >= 11 is 0. The van der Waals surface area contributed by atoms with Crippen LogP contribution in [0.15, 0.2) is 60.7 Å². The number of benzene rings is 2. The van der Waals surface area contributed by atoms with E-state index in [0.29, 0.717) is 17.7 Å². The minimum Gasteiger partial charge on any atom is -0.497 e. The second-order valence-electron chi connectivity index (χ2n) is 8.10. The Kier molecular flexibility index (Phi) is 4.11. The first kappa shape index (κ1) is 18.4. The molecule has 0 radical (unpaired) electrons. The molecule has 4 heteroatoms. The topological polar surface area (TPSA) is 60.4 Å². The molecule has 0 bridgehead atoms. The summed E-state index contributed by atoms with van der Waals surface area (Å²) in [5.41, 5.74) is 0.341. The van der Waals surface area contributed by atoms with Gasteiger partial charge in [-0.05, 0) is 41.8 Å². The molecule has 2 aliphatic rings. The maximum absolute atomic E-state index is 13.3. The average molecular weight is 374 g/mol. The van der Waals surface area contributed by atoms with Crippen LogP contribution in [0.1, 0.15) is 35.3 Å². The highest BCUT2D eigenvalue weighted by molar-refractivity contribution is 6.46. The van der Waals surface area contributed by atoms with E-state index in [2.05, 4.69) is 0 Å². The van der Waals surface area contributed by atoms with Crippen molar-refractivity contribution in [1.82, 2.24) is 0 Å². The molecule has 0 fully saturated rings. The smallest absolute Gasteiger partial charge is 0.229 e. The van der Waals surface area contributed by atoms with Crippen LogP contribution in [-0.4, -0.2) is 24.5 Å². The fourth-order valence-corrected chi connectivity index (χ4v) is 4.91. The summed E-state index contributed by atoms with van der Waals surface area (Å²) in [7, 11) is 1.57. The molecule has 2 aromatic carbocycles. The average Bonchev–Trinajstić information content (AvgIpc) is 2.70. The van der Waals surface area contributed by atoms with Crippen molar-refractivity contribution in [3.63, 3.8) is 0 Å². The first-order valence-corrected chi connectivity index (χ1v) is 9.36. The molecule has 4 nitrogen and oxygen atoms in total. The van der Waals surface area contributed by atoms with Gasteiger partial charge in [0.05, 0.1) is 13.0 Å². The number of fused-ring (bicyclic) bond motifs is 3. The summed E-state index contributed by atoms with van der Waals surface area (Å²) in [6, 6.07) is 14.8. The zero-order valence-corrected chi connectivity index (χ0v) is 16.2. The summed E-state index contributed by atoms with van der Waals surface area (Å²) in [4.78, 5) is 39.2. The Bertz CT molecular complexity index is 1020. The van der Waals surface area contributed by atoms with Gasteiger partial charge in [0.15, 0.2) is 5.78 Å². The highest BCUT2D eigenvalue weighted by Crippen LogP contribution is 2.53. The zero-order valence-electron chi connectivity index (χ0n) is 16.2. The summed E-state index contributed by atoms with van der Waals surface area (Å²) in [5, 5.41) is 0. The number of ether oxygens (including phenoxy) is 1. The molecular formula is C24H22O4. The Morgan fingerprint density at radius 2 is 1.71 bits per heavy atom. The highest BCUT2D eigenvalue weighted by atomic mass is 16.5. The van der Waals surface area contributed by atoms with Crippen molar-refractivity contribution in [3.8, 4) is 5.75 Å². The molecule has 0 N–H and O–H groups in total. The lowest BCUT2D eigenvalue weighted by atomic mass is 9.50. The maximum Gasteiger partial charge on any atom is 0.229 e. The quantitative estimate of drug-likeness (QED) is 0.768. The number of Topliss-reactive ketones (excluding diaryl/α,β-unsaturated/α-hetero) is 2. The van der Waals surface area contributed by atoms with Gasteiger partial charge in [-0.1, -0.05) is 50.3 Å². The van der Waals surface area contributed by atoms with Gasteiger partial charge in [-0.2, -0.15) is 0 Å². The van der Waals surface area contributed by atoms with E-state index >= 15 is 0 Å². The third-order valence-corrected chi connectivity index (χ3v) is 6.33. The monoisotopic (exact) mass is 374 g/mol. The van der Waals surface area contributed by atoms with Gasteiger partial charge >= 0.3 is 0 Å². The van der Waals surface area contributed by atoms with Crippen molar-refractivity contribution in [1.29, 1.82) is 0 Å². The largest absolute Gasteiger partial charge is 0.497 e. The summed E-state index contributed by atoms with van der Waals surface area (Å²) in [6.07, 6.45) is 3.76. The molecule has 0 saturated carbocycles. The normalized spacial score (nSPS) is 28.7. The van der Waals surface area contributed by atoms with Crippen molar-refractivity contribution >= 4 is 17.3 Å². The van der Waals surface area contributed by atoms with E-state index < -0.39 is 28.3 Å². The van der Waals surface area contributed by atoms with Gasteiger partial charge in [-0.15, -0.1) is 0 Å². The van der Waals surface area contributed by atoms with Crippen molar-refractivity contribution in [2.45, 2.75) is 25.7 Å². The van der Waals surface area contributed by atoms with E-state index in [-0.39, 0.29) is 5.78 Å². The van der Waals surface area contributed by atoms with Crippen LogP contribution in [-0.2, 0) is 21.4 Å². The molecule has 3 unspecified atom stereocenters. The summed E-state index contributed by atoms with van der Waals surface area (Å²) in [6.45, 7) is 3.75. The Hall–Kier alpha value is -3.01. The number of carbonyl (C=O) groups excluding carboxylic acids is 3. The Labute approximate surface area is 164 Å². The minimum absolute atomic E-state index is 0.119. The number of rotatable bonds is 3. The molecule has 0 heterocycles. The minimum atomic E-state index is -1.00. The van der Waals surface area contributed by atoms with E-state index in [1.165, 1.54) is 0 Å². The Morgan fingerprint density at radius 3 is 2.39 bits per heavy atom. The van der Waals surface area contributed by atoms with Gasteiger partial charge in [0.25, 0.3) is 0 Å². The predicted molar refractivity (Wildman–Crippen MR) is 106 cm³/mol. The molecule has 0 spiro atoms. The molecule has 142 valence electrons. The zero-order chi connectivity index (χ0) is 20.1. The van der Waals surface area contributed by atoms with Gasteiger partial charge in [0.1, 0.15) is 5.75 Å². The first-order valence-electron chi connectivity index (χ1n) is 9.36. The lowest BCUT2D eigenvalue weighted by Gasteiger charge is -2.50. The van der Waals surface area contributed by atoms with Gasteiger partial charge in [-0.25, -0.2) is 0 Å². The maximum atomic E-state index is 13.3. The van der Waals surface area contributed by atoms with E-state index in [4.69, 9.17) is 4.74 Å². The third-order valence-electron chi connectivity index (χ3n) is 6.33. The molecular weight excluding hydrogens is 352 g/mol. The van der Waals surface area contributed by atoms with E-state index in [1.807, 2.05) is 50.2 Å². The Balaban J connectivity index is 1.92. The van der Waals surface area contributed by atoms with Crippen LogP contribution >= 0.6 is 0 Å². The van der Waals surface area contributed by atoms with Crippen LogP contribution in [0.2, 0.25) is 0 Å². The lowest BCUT2D eigenvalue weighted by Crippen LogP contribution is -2.57. The molecule has 2 aromatic rings. The van der Waals surface area contributed by atoms with Crippen molar-refractivity contribution in [3.05, 3.63) is 77.4 Å². The van der Waals surface area contributed by atoms with Crippen LogP contribution in [0.3, 0.4) is 0 Å². The van der Waals surface area contributed by atoms with Crippen molar-refractivity contribution in [2.75, 3.05) is 7.11 Å². The number of methoxy groups -OCH3 is 1. The number of carbonyl (C=O) groups is 3. The molecule has 0 aromatic heterocycles.